The zero-order valence-electron chi connectivity index (χ0n) is 8.19. The fraction of sp³-hybridized carbons (Fsp3) is 0.333. The lowest BCUT2D eigenvalue weighted by Gasteiger charge is -2.20. The SMILES string of the molecule is C#CC(C)(C)c1ccc(Cl)cc1C. The molecular weight excluding hydrogens is 180 g/mol. The van der Waals surface area contributed by atoms with Gasteiger partial charge in [-0.1, -0.05) is 23.6 Å². The monoisotopic (exact) mass is 192 g/mol. The van der Waals surface area contributed by atoms with Crippen LogP contribution in [0.5, 0.6) is 0 Å². The van der Waals surface area contributed by atoms with Crippen molar-refractivity contribution in [3.8, 4) is 12.3 Å². The first-order valence-electron chi connectivity index (χ1n) is 4.22. The van der Waals surface area contributed by atoms with Crippen LogP contribution in [0.2, 0.25) is 5.02 Å². The summed E-state index contributed by atoms with van der Waals surface area (Å²) in [5.74, 6) is 2.77. The predicted octanol–water partition coefficient (Wildman–Crippen LogP) is 3.56. The molecule has 0 bridgehead atoms. The molecule has 0 aliphatic carbocycles. The van der Waals surface area contributed by atoms with Crippen LogP contribution in [0.3, 0.4) is 0 Å². The second-order valence-corrected chi connectivity index (χ2v) is 4.17. The Balaban J connectivity index is 3.26. The van der Waals surface area contributed by atoms with E-state index in [4.69, 9.17) is 18.0 Å². The van der Waals surface area contributed by atoms with Crippen molar-refractivity contribution < 1.29 is 0 Å². The molecule has 0 radical (unpaired) electrons. The van der Waals surface area contributed by atoms with Crippen molar-refractivity contribution in [1.82, 2.24) is 0 Å². The van der Waals surface area contributed by atoms with Gasteiger partial charge in [0.05, 0.1) is 5.41 Å². The van der Waals surface area contributed by atoms with Gasteiger partial charge in [0, 0.05) is 5.02 Å². The highest BCUT2D eigenvalue weighted by molar-refractivity contribution is 6.30. The molecule has 1 rings (SSSR count). The van der Waals surface area contributed by atoms with Crippen LogP contribution in [0.25, 0.3) is 0 Å². The van der Waals surface area contributed by atoms with Gasteiger partial charge in [0.2, 0.25) is 0 Å². The van der Waals surface area contributed by atoms with Crippen LogP contribution in [0.4, 0.5) is 0 Å². The molecule has 1 aromatic carbocycles. The van der Waals surface area contributed by atoms with Gasteiger partial charge in [-0.05, 0) is 44.0 Å². The van der Waals surface area contributed by atoms with Crippen LogP contribution < -0.4 is 0 Å². The molecule has 0 atom stereocenters. The molecule has 0 N–H and O–H groups in total. The van der Waals surface area contributed by atoms with Crippen molar-refractivity contribution in [1.29, 1.82) is 0 Å². The summed E-state index contributed by atoms with van der Waals surface area (Å²) in [5.41, 5.74) is 2.10. The van der Waals surface area contributed by atoms with Crippen LogP contribution in [0.15, 0.2) is 18.2 Å². The fourth-order valence-electron chi connectivity index (χ4n) is 1.41. The first-order valence-corrected chi connectivity index (χ1v) is 4.59. The average Bonchev–Trinajstić information content (AvgIpc) is 2.03. The van der Waals surface area contributed by atoms with E-state index in [-0.39, 0.29) is 5.41 Å². The molecule has 0 heterocycles. The molecule has 1 heteroatoms. The molecule has 0 spiro atoms. The molecule has 0 saturated heterocycles. The standard InChI is InChI=1S/C12H13Cl/c1-5-12(3,4)11-7-6-10(13)8-9(11)2/h1,6-8H,2-4H3. The number of benzene rings is 1. The molecule has 0 amide bonds. The summed E-state index contributed by atoms with van der Waals surface area (Å²) < 4.78 is 0. The average molecular weight is 193 g/mol. The highest BCUT2D eigenvalue weighted by Crippen LogP contribution is 2.27. The number of rotatable bonds is 1. The summed E-state index contributed by atoms with van der Waals surface area (Å²) in [6, 6.07) is 5.82. The van der Waals surface area contributed by atoms with Crippen LogP contribution in [0, 0.1) is 19.3 Å². The summed E-state index contributed by atoms with van der Waals surface area (Å²) in [4.78, 5) is 0. The molecule has 0 fully saturated rings. The van der Waals surface area contributed by atoms with Crippen molar-refractivity contribution >= 4 is 11.6 Å². The second-order valence-electron chi connectivity index (χ2n) is 3.73. The molecule has 0 saturated carbocycles. The Bertz CT molecular complexity index is 356. The van der Waals surface area contributed by atoms with Crippen LogP contribution in [-0.2, 0) is 5.41 Å². The van der Waals surface area contributed by atoms with E-state index in [0.29, 0.717) is 0 Å². The number of hydrogen-bond acceptors (Lipinski definition) is 0. The van der Waals surface area contributed by atoms with Gasteiger partial charge in [-0.15, -0.1) is 6.42 Å². The quantitative estimate of drug-likeness (QED) is 0.597. The van der Waals surface area contributed by atoms with Crippen molar-refractivity contribution in [2.45, 2.75) is 26.2 Å². The Labute approximate surface area is 84.9 Å². The van der Waals surface area contributed by atoms with E-state index >= 15 is 0 Å². The molecule has 0 aromatic heterocycles. The first kappa shape index (κ1) is 10.2. The highest BCUT2D eigenvalue weighted by atomic mass is 35.5. The summed E-state index contributed by atoms with van der Waals surface area (Å²) in [5, 5.41) is 0.758. The van der Waals surface area contributed by atoms with Crippen LogP contribution in [0.1, 0.15) is 25.0 Å². The predicted molar refractivity (Wildman–Crippen MR) is 58.0 cm³/mol. The second kappa shape index (κ2) is 3.44. The van der Waals surface area contributed by atoms with E-state index < -0.39 is 0 Å². The molecule has 0 aliphatic rings. The summed E-state index contributed by atoms with van der Waals surface area (Å²) in [6.45, 7) is 6.09. The Morgan fingerprint density at radius 2 is 2.00 bits per heavy atom. The maximum absolute atomic E-state index is 5.86. The van der Waals surface area contributed by atoms with Gasteiger partial charge in [-0.3, -0.25) is 0 Å². The van der Waals surface area contributed by atoms with Crippen LogP contribution in [-0.4, -0.2) is 0 Å². The maximum atomic E-state index is 5.86. The minimum atomic E-state index is -0.214. The zero-order valence-corrected chi connectivity index (χ0v) is 8.94. The van der Waals surface area contributed by atoms with Gasteiger partial charge in [0.25, 0.3) is 0 Å². The lowest BCUT2D eigenvalue weighted by molar-refractivity contribution is 0.693. The topological polar surface area (TPSA) is 0 Å². The van der Waals surface area contributed by atoms with E-state index in [1.54, 1.807) is 0 Å². The lowest BCUT2D eigenvalue weighted by Crippen LogP contribution is -2.15. The normalized spacial score (nSPS) is 11.0. The summed E-state index contributed by atoms with van der Waals surface area (Å²) in [6.07, 6.45) is 5.46. The van der Waals surface area contributed by atoms with E-state index in [2.05, 4.69) is 5.92 Å². The zero-order chi connectivity index (χ0) is 10.1. The van der Waals surface area contributed by atoms with Crippen LogP contribution >= 0.6 is 11.6 Å². The first-order chi connectivity index (χ1) is 5.97. The largest absolute Gasteiger partial charge is 0.119 e. The third-order valence-corrected chi connectivity index (χ3v) is 2.46. The molecule has 1 aromatic rings. The van der Waals surface area contributed by atoms with Crippen molar-refractivity contribution in [2.24, 2.45) is 0 Å². The van der Waals surface area contributed by atoms with Gasteiger partial charge in [-0.2, -0.15) is 0 Å². The third-order valence-electron chi connectivity index (χ3n) is 2.22. The minimum absolute atomic E-state index is 0.214. The van der Waals surface area contributed by atoms with E-state index in [1.807, 2.05) is 39.0 Å². The van der Waals surface area contributed by atoms with Crippen molar-refractivity contribution in [2.75, 3.05) is 0 Å². The van der Waals surface area contributed by atoms with Gasteiger partial charge in [0.15, 0.2) is 0 Å². The van der Waals surface area contributed by atoms with E-state index in [1.165, 1.54) is 5.56 Å². The maximum Gasteiger partial charge on any atom is 0.0506 e. The van der Waals surface area contributed by atoms with Gasteiger partial charge < -0.3 is 0 Å². The lowest BCUT2D eigenvalue weighted by atomic mass is 9.83. The third kappa shape index (κ3) is 2.05. The van der Waals surface area contributed by atoms with Crippen molar-refractivity contribution in [3.05, 3.63) is 34.3 Å². The Morgan fingerprint density at radius 1 is 1.38 bits per heavy atom. The number of hydrogen-bond donors (Lipinski definition) is 0. The van der Waals surface area contributed by atoms with E-state index in [0.717, 1.165) is 10.6 Å². The van der Waals surface area contributed by atoms with Gasteiger partial charge >= 0.3 is 0 Å². The van der Waals surface area contributed by atoms with E-state index in [9.17, 15) is 0 Å². The smallest absolute Gasteiger partial charge is 0.0506 e. The summed E-state index contributed by atoms with van der Waals surface area (Å²) in [7, 11) is 0. The molecule has 0 unspecified atom stereocenters. The Kier molecular flexibility index (Phi) is 2.68. The number of terminal acetylenes is 1. The number of aryl methyl sites for hydroxylation is 1. The molecule has 0 nitrogen and oxygen atoms in total. The van der Waals surface area contributed by atoms with Crippen molar-refractivity contribution in [3.63, 3.8) is 0 Å². The highest BCUT2D eigenvalue weighted by Gasteiger charge is 2.18. The molecule has 0 aliphatic heterocycles. The Morgan fingerprint density at radius 3 is 2.46 bits per heavy atom. The molecule has 68 valence electrons. The Hall–Kier alpha value is -0.930. The molecular formula is C12H13Cl. The summed E-state index contributed by atoms with van der Waals surface area (Å²) >= 11 is 5.86. The minimum Gasteiger partial charge on any atom is -0.119 e. The fourth-order valence-corrected chi connectivity index (χ4v) is 1.63. The van der Waals surface area contributed by atoms with Gasteiger partial charge in [-0.25, -0.2) is 0 Å². The number of halogens is 1. The van der Waals surface area contributed by atoms with Gasteiger partial charge in [0.1, 0.15) is 0 Å². The molecule has 13 heavy (non-hydrogen) atoms.